The van der Waals surface area contributed by atoms with Crippen molar-refractivity contribution in [2.75, 3.05) is 26.3 Å². The van der Waals surface area contributed by atoms with E-state index in [2.05, 4.69) is 5.32 Å². The molecule has 0 spiro atoms. The van der Waals surface area contributed by atoms with Gasteiger partial charge < -0.3 is 10.1 Å². The first-order valence-corrected chi connectivity index (χ1v) is 7.71. The lowest BCUT2D eigenvalue weighted by Crippen LogP contribution is -2.30. The lowest BCUT2D eigenvalue weighted by molar-refractivity contribution is 0.109. The van der Waals surface area contributed by atoms with Crippen LogP contribution in [0.3, 0.4) is 0 Å². The number of hydrogen-bond donors (Lipinski definition) is 2. The highest BCUT2D eigenvalue weighted by atomic mass is 32.2. The second-order valence-electron chi connectivity index (χ2n) is 4.56. The molecule has 0 bridgehead atoms. The van der Waals surface area contributed by atoms with E-state index in [0.717, 1.165) is 31.9 Å². The SMILES string of the molecule is C1COCCN1.CC(C)c1ccc(S(=O)(=O)O)cc1. The minimum Gasteiger partial charge on any atom is -0.379 e. The normalized spacial score (nSPS) is 15.8. The van der Waals surface area contributed by atoms with Gasteiger partial charge in [-0.05, 0) is 23.6 Å². The van der Waals surface area contributed by atoms with E-state index >= 15 is 0 Å². The Morgan fingerprint density at radius 2 is 1.68 bits per heavy atom. The lowest BCUT2D eigenvalue weighted by Gasteiger charge is -2.10. The summed E-state index contributed by atoms with van der Waals surface area (Å²) >= 11 is 0. The molecule has 1 aromatic carbocycles. The molecule has 1 aliphatic heterocycles. The Morgan fingerprint density at radius 3 is 1.95 bits per heavy atom. The summed E-state index contributed by atoms with van der Waals surface area (Å²) < 4.78 is 35.0. The summed E-state index contributed by atoms with van der Waals surface area (Å²) in [7, 11) is -4.05. The first-order chi connectivity index (χ1) is 8.91. The van der Waals surface area contributed by atoms with Crippen LogP contribution in [0.1, 0.15) is 25.3 Å². The highest BCUT2D eigenvalue weighted by Crippen LogP contribution is 2.16. The van der Waals surface area contributed by atoms with Gasteiger partial charge in [0.2, 0.25) is 0 Å². The van der Waals surface area contributed by atoms with Crippen LogP contribution < -0.4 is 5.32 Å². The van der Waals surface area contributed by atoms with Gasteiger partial charge in [0.15, 0.2) is 0 Å². The minimum absolute atomic E-state index is 0.0584. The molecule has 0 atom stereocenters. The van der Waals surface area contributed by atoms with Crippen LogP contribution in [0.25, 0.3) is 0 Å². The van der Waals surface area contributed by atoms with Gasteiger partial charge in [0, 0.05) is 13.1 Å². The quantitative estimate of drug-likeness (QED) is 0.809. The molecule has 0 aliphatic carbocycles. The zero-order valence-electron chi connectivity index (χ0n) is 11.3. The molecule has 0 saturated carbocycles. The van der Waals surface area contributed by atoms with Crippen LogP contribution in [0.15, 0.2) is 29.2 Å². The van der Waals surface area contributed by atoms with Crippen LogP contribution >= 0.6 is 0 Å². The van der Waals surface area contributed by atoms with Crippen LogP contribution in [0.5, 0.6) is 0 Å². The number of rotatable bonds is 2. The van der Waals surface area contributed by atoms with Gasteiger partial charge in [0.1, 0.15) is 0 Å². The van der Waals surface area contributed by atoms with E-state index in [1.54, 1.807) is 12.1 Å². The van der Waals surface area contributed by atoms with Crippen LogP contribution in [0.2, 0.25) is 0 Å². The summed E-state index contributed by atoms with van der Waals surface area (Å²) in [6.45, 7) is 7.87. The second-order valence-corrected chi connectivity index (χ2v) is 5.98. The van der Waals surface area contributed by atoms with Crippen molar-refractivity contribution in [2.45, 2.75) is 24.7 Å². The monoisotopic (exact) mass is 287 g/mol. The number of morpholine rings is 1. The third-order valence-electron chi connectivity index (χ3n) is 2.69. The van der Waals surface area contributed by atoms with Gasteiger partial charge in [-0.3, -0.25) is 4.55 Å². The highest BCUT2D eigenvalue weighted by molar-refractivity contribution is 7.85. The molecule has 1 aliphatic rings. The fraction of sp³-hybridized carbons (Fsp3) is 0.538. The summed E-state index contributed by atoms with van der Waals surface area (Å²) in [5.41, 5.74) is 1.05. The van der Waals surface area contributed by atoms with E-state index in [9.17, 15) is 8.42 Å². The molecule has 108 valence electrons. The van der Waals surface area contributed by atoms with E-state index in [1.165, 1.54) is 12.1 Å². The fourth-order valence-corrected chi connectivity index (χ4v) is 2.02. The van der Waals surface area contributed by atoms with E-state index < -0.39 is 10.1 Å². The van der Waals surface area contributed by atoms with Gasteiger partial charge >= 0.3 is 0 Å². The van der Waals surface area contributed by atoms with Crippen molar-refractivity contribution in [2.24, 2.45) is 0 Å². The first-order valence-electron chi connectivity index (χ1n) is 6.27. The molecular weight excluding hydrogens is 266 g/mol. The number of hydrogen-bond acceptors (Lipinski definition) is 4. The predicted octanol–water partition coefficient (Wildman–Crippen LogP) is 1.66. The smallest absolute Gasteiger partial charge is 0.294 e. The van der Waals surface area contributed by atoms with Gasteiger partial charge in [-0.15, -0.1) is 0 Å². The Morgan fingerprint density at radius 1 is 1.16 bits per heavy atom. The van der Waals surface area contributed by atoms with Crippen molar-refractivity contribution in [3.63, 3.8) is 0 Å². The van der Waals surface area contributed by atoms with Crippen molar-refractivity contribution >= 4 is 10.1 Å². The number of ether oxygens (including phenoxy) is 1. The van der Waals surface area contributed by atoms with Crippen molar-refractivity contribution in [3.8, 4) is 0 Å². The van der Waals surface area contributed by atoms with Crippen molar-refractivity contribution < 1.29 is 17.7 Å². The Kier molecular flexibility index (Phi) is 6.44. The molecule has 5 nitrogen and oxygen atoms in total. The third kappa shape index (κ3) is 6.15. The maximum absolute atomic E-state index is 10.7. The third-order valence-corrected chi connectivity index (χ3v) is 3.56. The summed E-state index contributed by atoms with van der Waals surface area (Å²) in [6, 6.07) is 6.22. The maximum atomic E-state index is 10.7. The van der Waals surface area contributed by atoms with Crippen LogP contribution in [0, 0.1) is 0 Å². The van der Waals surface area contributed by atoms with Crippen molar-refractivity contribution in [3.05, 3.63) is 29.8 Å². The molecule has 1 saturated heterocycles. The van der Waals surface area contributed by atoms with Gasteiger partial charge in [-0.25, -0.2) is 0 Å². The summed E-state index contributed by atoms with van der Waals surface area (Å²) in [4.78, 5) is -0.0584. The van der Waals surface area contributed by atoms with E-state index in [-0.39, 0.29) is 4.90 Å². The highest BCUT2D eigenvalue weighted by Gasteiger charge is 2.08. The molecular formula is C13H21NO4S. The molecule has 2 N–H and O–H groups in total. The summed E-state index contributed by atoms with van der Waals surface area (Å²) in [6.07, 6.45) is 0. The average Bonchev–Trinajstić information content (AvgIpc) is 2.40. The van der Waals surface area contributed by atoms with Gasteiger partial charge in [0.25, 0.3) is 10.1 Å². The van der Waals surface area contributed by atoms with Gasteiger partial charge in [0.05, 0.1) is 18.1 Å². The molecule has 0 amide bonds. The Labute approximate surface area is 114 Å². The zero-order chi connectivity index (χ0) is 14.3. The first kappa shape index (κ1) is 16.1. The second kappa shape index (κ2) is 7.59. The van der Waals surface area contributed by atoms with Crippen molar-refractivity contribution in [1.82, 2.24) is 5.32 Å². The number of benzene rings is 1. The molecule has 19 heavy (non-hydrogen) atoms. The number of nitrogens with one attached hydrogen (secondary N) is 1. The van der Waals surface area contributed by atoms with Crippen LogP contribution in [-0.2, 0) is 14.9 Å². The molecule has 6 heteroatoms. The molecule has 1 aromatic rings. The zero-order valence-corrected chi connectivity index (χ0v) is 12.1. The fourth-order valence-electron chi connectivity index (χ4n) is 1.54. The Hall–Kier alpha value is -0.950. The Balaban J connectivity index is 0.000000250. The predicted molar refractivity (Wildman–Crippen MR) is 74.0 cm³/mol. The summed E-state index contributed by atoms with van der Waals surface area (Å²) in [5.74, 6) is 0.357. The van der Waals surface area contributed by atoms with Crippen LogP contribution in [0.4, 0.5) is 0 Å². The Bertz CT molecular complexity index is 452. The molecule has 2 rings (SSSR count). The summed E-state index contributed by atoms with van der Waals surface area (Å²) in [5, 5.41) is 3.16. The average molecular weight is 287 g/mol. The van der Waals surface area contributed by atoms with E-state index in [1.807, 2.05) is 13.8 Å². The topological polar surface area (TPSA) is 75.6 Å². The van der Waals surface area contributed by atoms with Crippen molar-refractivity contribution in [1.29, 1.82) is 0 Å². The molecule has 0 aromatic heterocycles. The van der Waals surface area contributed by atoms with E-state index in [4.69, 9.17) is 9.29 Å². The molecule has 0 radical (unpaired) electrons. The van der Waals surface area contributed by atoms with Gasteiger partial charge in [-0.1, -0.05) is 26.0 Å². The minimum atomic E-state index is -4.05. The maximum Gasteiger partial charge on any atom is 0.294 e. The lowest BCUT2D eigenvalue weighted by atomic mass is 10.0. The molecule has 1 fully saturated rings. The molecule has 1 heterocycles. The van der Waals surface area contributed by atoms with E-state index in [0.29, 0.717) is 5.92 Å². The van der Waals surface area contributed by atoms with Gasteiger partial charge in [-0.2, -0.15) is 8.42 Å². The molecule has 0 unspecified atom stereocenters. The standard InChI is InChI=1S/C9H12O3S.C4H9NO/c1-7(2)8-3-5-9(6-4-8)13(10,11)12;1-3-6-4-2-5-1/h3-7H,1-2H3,(H,10,11,12);5H,1-4H2. The largest absolute Gasteiger partial charge is 0.379 e. The van der Waals surface area contributed by atoms with Crippen LogP contribution in [-0.4, -0.2) is 39.3 Å².